The molecule has 5 nitrogen and oxygen atoms in total. The van der Waals surface area contributed by atoms with E-state index in [9.17, 15) is 9.59 Å². The lowest BCUT2D eigenvalue weighted by atomic mass is 9.93. The molecule has 1 aromatic carbocycles. The second-order valence-corrected chi connectivity index (χ2v) is 4.83. The number of aromatic nitrogens is 2. The Labute approximate surface area is 122 Å². The van der Waals surface area contributed by atoms with Gasteiger partial charge in [0.05, 0.1) is 5.39 Å². The number of H-pyrrole nitrogens is 1. The quantitative estimate of drug-likeness (QED) is 0.841. The molecule has 0 radical (unpaired) electrons. The Hall–Kier alpha value is -2.61. The van der Waals surface area contributed by atoms with E-state index in [1.807, 2.05) is 13.8 Å². The summed E-state index contributed by atoms with van der Waals surface area (Å²) in [6.45, 7) is 3.84. The van der Waals surface area contributed by atoms with Crippen molar-refractivity contribution in [3.05, 3.63) is 40.3 Å². The highest BCUT2D eigenvalue weighted by Crippen LogP contribution is 2.17. The van der Waals surface area contributed by atoms with Gasteiger partial charge < -0.3 is 5.32 Å². The number of nitrogens with one attached hydrogen (secondary N) is 2. The third-order valence-electron chi connectivity index (χ3n) is 3.75. The van der Waals surface area contributed by atoms with Crippen LogP contribution in [-0.4, -0.2) is 21.6 Å². The molecule has 0 spiro atoms. The van der Waals surface area contributed by atoms with Crippen LogP contribution in [0.2, 0.25) is 0 Å². The van der Waals surface area contributed by atoms with Crippen LogP contribution in [0.5, 0.6) is 0 Å². The molecule has 0 saturated carbocycles. The summed E-state index contributed by atoms with van der Waals surface area (Å²) in [4.78, 5) is 24.2. The maximum Gasteiger partial charge on any atom is 0.273 e. The van der Waals surface area contributed by atoms with Crippen molar-refractivity contribution in [2.45, 2.75) is 32.2 Å². The number of aromatic amines is 1. The number of carbonyl (C=O) groups is 1. The zero-order valence-electron chi connectivity index (χ0n) is 12.1. The van der Waals surface area contributed by atoms with Crippen molar-refractivity contribution < 1.29 is 4.79 Å². The summed E-state index contributed by atoms with van der Waals surface area (Å²) in [7, 11) is 0. The standard InChI is InChI=1S/C16H17N3O2/c1-4-16(5-2,6-3)17-15(21)13-11-9-7-8-10-12(11)14(20)19-18-13/h1,7-10H,5-6H2,2-3H3,(H,17,21)(H,19,20). The van der Waals surface area contributed by atoms with Gasteiger partial charge in [0.15, 0.2) is 5.69 Å². The summed E-state index contributed by atoms with van der Waals surface area (Å²) in [6.07, 6.45) is 6.79. The van der Waals surface area contributed by atoms with Gasteiger partial charge in [0, 0.05) is 5.39 Å². The smallest absolute Gasteiger partial charge is 0.273 e. The van der Waals surface area contributed by atoms with Crippen LogP contribution in [-0.2, 0) is 0 Å². The fourth-order valence-corrected chi connectivity index (χ4v) is 2.23. The zero-order valence-corrected chi connectivity index (χ0v) is 12.1. The molecule has 1 amide bonds. The van der Waals surface area contributed by atoms with E-state index in [2.05, 4.69) is 21.4 Å². The maximum absolute atomic E-state index is 12.5. The molecule has 0 aliphatic carbocycles. The summed E-state index contributed by atoms with van der Waals surface area (Å²) in [5, 5.41) is 10.0. The zero-order chi connectivity index (χ0) is 15.5. The molecule has 0 bridgehead atoms. The van der Waals surface area contributed by atoms with Gasteiger partial charge in [-0.15, -0.1) is 6.42 Å². The molecule has 0 fully saturated rings. The average molecular weight is 283 g/mol. The highest BCUT2D eigenvalue weighted by Gasteiger charge is 2.27. The minimum absolute atomic E-state index is 0.173. The molecular formula is C16H17N3O2. The van der Waals surface area contributed by atoms with E-state index in [0.717, 1.165) is 0 Å². The second kappa shape index (κ2) is 5.80. The van der Waals surface area contributed by atoms with Crippen LogP contribution in [0.25, 0.3) is 10.8 Å². The van der Waals surface area contributed by atoms with Crippen LogP contribution in [0.4, 0.5) is 0 Å². The first-order valence-corrected chi connectivity index (χ1v) is 6.84. The molecule has 5 heteroatoms. The Bertz CT molecular complexity index is 767. The monoisotopic (exact) mass is 283 g/mol. The number of rotatable bonds is 4. The third-order valence-corrected chi connectivity index (χ3v) is 3.75. The van der Waals surface area contributed by atoms with Crippen molar-refractivity contribution in [1.82, 2.24) is 15.5 Å². The van der Waals surface area contributed by atoms with E-state index in [4.69, 9.17) is 6.42 Å². The fourth-order valence-electron chi connectivity index (χ4n) is 2.23. The van der Waals surface area contributed by atoms with Gasteiger partial charge in [-0.1, -0.05) is 38.0 Å². The van der Waals surface area contributed by atoms with Crippen molar-refractivity contribution in [3.63, 3.8) is 0 Å². The molecule has 1 heterocycles. The molecule has 0 saturated heterocycles. The minimum atomic E-state index is -0.698. The van der Waals surface area contributed by atoms with Gasteiger partial charge in [-0.3, -0.25) is 9.59 Å². The molecule has 0 aliphatic heterocycles. The molecule has 0 aliphatic rings. The Morgan fingerprint density at radius 2 is 1.95 bits per heavy atom. The summed E-state index contributed by atoms with van der Waals surface area (Å²) in [5.41, 5.74) is -0.848. The Morgan fingerprint density at radius 3 is 2.52 bits per heavy atom. The number of terminal acetylenes is 1. The molecule has 0 unspecified atom stereocenters. The van der Waals surface area contributed by atoms with Crippen molar-refractivity contribution in [2.24, 2.45) is 0 Å². The van der Waals surface area contributed by atoms with Gasteiger partial charge in [0.2, 0.25) is 0 Å². The van der Waals surface area contributed by atoms with Crippen LogP contribution >= 0.6 is 0 Å². The summed E-state index contributed by atoms with van der Waals surface area (Å²) in [6, 6.07) is 6.85. The Morgan fingerprint density at radius 1 is 1.33 bits per heavy atom. The van der Waals surface area contributed by atoms with E-state index in [1.54, 1.807) is 24.3 Å². The lowest BCUT2D eigenvalue weighted by Crippen LogP contribution is -2.46. The molecule has 2 rings (SSSR count). The molecular weight excluding hydrogens is 266 g/mol. The summed E-state index contributed by atoms with van der Waals surface area (Å²) in [5.74, 6) is 2.26. The highest BCUT2D eigenvalue weighted by atomic mass is 16.2. The number of nitrogens with zero attached hydrogens (tertiary/aromatic N) is 1. The van der Waals surface area contributed by atoms with Gasteiger partial charge in [-0.05, 0) is 18.9 Å². The molecule has 21 heavy (non-hydrogen) atoms. The Kier molecular flexibility index (Phi) is 4.08. The normalized spacial score (nSPS) is 11.1. The highest BCUT2D eigenvalue weighted by molar-refractivity contribution is 6.05. The van der Waals surface area contributed by atoms with E-state index in [1.165, 1.54) is 0 Å². The number of amides is 1. The van der Waals surface area contributed by atoms with Crippen LogP contribution < -0.4 is 10.9 Å². The number of benzene rings is 1. The minimum Gasteiger partial charge on any atom is -0.334 e. The van der Waals surface area contributed by atoms with Crippen molar-refractivity contribution in [3.8, 4) is 12.3 Å². The molecule has 0 atom stereocenters. The second-order valence-electron chi connectivity index (χ2n) is 4.83. The lowest BCUT2D eigenvalue weighted by molar-refractivity contribution is 0.0912. The average Bonchev–Trinajstić information content (AvgIpc) is 2.53. The van der Waals surface area contributed by atoms with Gasteiger partial charge in [-0.2, -0.15) is 5.10 Å². The van der Waals surface area contributed by atoms with Gasteiger partial charge >= 0.3 is 0 Å². The van der Waals surface area contributed by atoms with Crippen LogP contribution in [0.1, 0.15) is 37.2 Å². The van der Waals surface area contributed by atoms with Crippen LogP contribution in [0.15, 0.2) is 29.1 Å². The number of hydrogen-bond donors (Lipinski definition) is 2. The Balaban J connectivity index is 2.48. The van der Waals surface area contributed by atoms with E-state index in [0.29, 0.717) is 23.6 Å². The molecule has 108 valence electrons. The first kappa shape index (κ1) is 14.8. The number of hydrogen-bond acceptors (Lipinski definition) is 3. The van der Waals surface area contributed by atoms with E-state index < -0.39 is 5.54 Å². The van der Waals surface area contributed by atoms with Crippen molar-refractivity contribution in [2.75, 3.05) is 0 Å². The SMILES string of the molecule is C#CC(CC)(CC)NC(=O)c1n[nH]c(=O)c2ccccc12. The van der Waals surface area contributed by atoms with E-state index in [-0.39, 0.29) is 17.2 Å². The predicted octanol–water partition coefficient (Wildman–Crippen LogP) is 1.84. The van der Waals surface area contributed by atoms with E-state index >= 15 is 0 Å². The predicted molar refractivity (Wildman–Crippen MR) is 82.0 cm³/mol. The maximum atomic E-state index is 12.5. The largest absolute Gasteiger partial charge is 0.334 e. The first-order valence-electron chi connectivity index (χ1n) is 6.84. The van der Waals surface area contributed by atoms with Gasteiger partial charge in [0.25, 0.3) is 11.5 Å². The molecule has 2 aromatic rings. The third kappa shape index (κ3) is 2.65. The van der Waals surface area contributed by atoms with Gasteiger partial charge in [-0.25, -0.2) is 5.10 Å². The molecule has 2 N–H and O–H groups in total. The van der Waals surface area contributed by atoms with Crippen LogP contribution in [0.3, 0.4) is 0 Å². The number of fused-ring (bicyclic) bond motifs is 1. The van der Waals surface area contributed by atoms with Crippen molar-refractivity contribution >= 4 is 16.7 Å². The van der Waals surface area contributed by atoms with Crippen molar-refractivity contribution in [1.29, 1.82) is 0 Å². The topological polar surface area (TPSA) is 74.8 Å². The first-order chi connectivity index (χ1) is 10.1. The lowest BCUT2D eigenvalue weighted by Gasteiger charge is -2.26. The number of carbonyl (C=O) groups excluding carboxylic acids is 1. The van der Waals surface area contributed by atoms with Crippen LogP contribution in [0, 0.1) is 12.3 Å². The summed E-state index contributed by atoms with van der Waals surface area (Å²) < 4.78 is 0. The summed E-state index contributed by atoms with van der Waals surface area (Å²) >= 11 is 0. The fraction of sp³-hybridized carbons (Fsp3) is 0.312. The van der Waals surface area contributed by atoms with Gasteiger partial charge in [0.1, 0.15) is 5.54 Å². The molecule has 1 aromatic heterocycles.